The monoisotopic (exact) mass is 1810 g/mol. The molecule has 0 atom stereocenters. The number of nitrogens with one attached hydrogen (secondary N) is 4. The number of carbonyl (C=O) groups is 8. The molecule has 0 unspecified atom stereocenters. The smallest absolute Gasteiger partial charge is 0.340 e. The Morgan fingerprint density at radius 2 is 0.677 bits per heavy atom. The molecule has 36 nitrogen and oxygen atoms in total. The number of aryl methyl sites for hydroxylation is 6. The van der Waals surface area contributed by atoms with Crippen molar-refractivity contribution in [2.75, 3.05) is 91.8 Å². The van der Waals surface area contributed by atoms with E-state index in [1.54, 1.807) is 117 Å². The van der Waals surface area contributed by atoms with Gasteiger partial charge in [0, 0.05) is 58.3 Å². The van der Waals surface area contributed by atoms with E-state index < -0.39 is 123 Å². The SMILES string of the molecule is CCOC(=O)c1cc(C#N)c(N2CC(C(=O)NS(=O)(=O)Cc3ccc(C)cc3)C2)nc1C.CCOC(=O)c1cc(C#N)c(N2CC(C(=O)NS(=O)(=O)Cc3cccc(C)c3)C2)nc1C.CCOC(=O)c1cc(C#N)c(N2CCC(C(=O)NS(=O)(=O)Cc3ccc(F)cc3)CC2)nc1C.Cc1nc(N2CC(C(=O)NS(=O)(=O)Cc3ccccc3)C2)c(C#N)cc1C(=O)O. The van der Waals surface area contributed by atoms with Gasteiger partial charge in [-0.25, -0.2) is 77.2 Å². The molecule has 5 N–H and O–H groups in total. The van der Waals surface area contributed by atoms with Crippen LogP contribution >= 0.6 is 0 Å². The number of rotatable bonds is 27. The van der Waals surface area contributed by atoms with E-state index in [1.807, 2.05) is 55.2 Å². The van der Waals surface area contributed by atoms with E-state index in [2.05, 4.69) is 44.9 Å². The number of carbonyl (C=O) groups excluding carboxylic acids is 7. The molecule has 4 aromatic carbocycles. The van der Waals surface area contributed by atoms with Gasteiger partial charge < -0.3 is 38.9 Å². The van der Waals surface area contributed by atoms with E-state index in [9.17, 15) is 97.5 Å². The van der Waals surface area contributed by atoms with E-state index in [1.165, 1.54) is 43.3 Å². The van der Waals surface area contributed by atoms with Crippen LogP contribution in [0.25, 0.3) is 0 Å². The van der Waals surface area contributed by atoms with Crippen LogP contribution in [-0.2, 0) is 96.5 Å². The fraction of sp³-hybridized carbons (Fsp3) is 0.349. The van der Waals surface area contributed by atoms with Crippen LogP contribution in [0, 0.1) is 116 Å². The number of piperidine rings is 1. The van der Waals surface area contributed by atoms with Crippen molar-refractivity contribution >= 4 is 111 Å². The Morgan fingerprint density at radius 1 is 0.386 bits per heavy atom. The number of nitriles is 4. The third-order valence-corrected chi connectivity index (χ3v) is 25.1. The maximum Gasteiger partial charge on any atom is 0.340 e. The second-order valence-electron chi connectivity index (χ2n) is 29.9. The normalized spacial score (nSPS) is 14.0. The van der Waals surface area contributed by atoms with Gasteiger partial charge in [0.1, 0.15) is 53.4 Å². The number of anilines is 4. The topological polar surface area (TPSA) is 529 Å². The lowest BCUT2D eigenvalue weighted by atomic mass is 9.96. The molecular weight excluding hydrogens is 1720 g/mol. The molecule has 4 amide bonds. The van der Waals surface area contributed by atoms with Gasteiger partial charge >= 0.3 is 23.9 Å². The molecular formula is C86H91FN16O20S4. The lowest BCUT2D eigenvalue weighted by molar-refractivity contribution is -0.124. The molecule has 12 rings (SSSR count). The number of hydrogen-bond acceptors (Lipinski definition) is 31. The van der Waals surface area contributed by atoms with Crippen LogP contribution in [0.1, 0.15) is 153 Å². The van der Waals surface area contributed by atoms with Gasteiger partial charge in [-0.2, -0.15) is 21.0 Å². The summed E-state index contributed by atoms with van der Waals surface area (Å²) < 4.78 is 135. The lowest BCUT2D eigenvalue weighted by Crippen LogP contribution is -2.55. The molecule has 41 heteroatoms. The van der Waals surface area contributed by atoms with Crippen LogP contribution in [-0.4, -0.2) is 178 Å². The van der Waals surface area contributed by atoms with Gasteiger partial charge in [0.25, 0.3) is 0 Å². The van der Waals surface area contributed by atoms with Crippen LogP contribution in [0.2, 0.25) is 0 Å². The molecule has 4 aromatic heterocycles. The minimum absolute atomic E-state index is 0.0629. The third-order valence-electron chi connectivity index (χ3n) is 20.2. The zero-order chi connectivity index (χ0) is 93.0. The number of amides is 4. The molecule has 666 valence electrons. The Balaban J connectivity index is 0.000000192. The summed E-state index contributed by atoms with van der Waals surface area (Å²) in [6, 6.07) is 41.2. The molecule has 4 saturated heterocycles. The summed E-state index contributed by atoms with van der Waals surface area (Å²) in [4.78, 5) is 121. The standard InChI is InChI=1S/C23H25FN4O5S.2C22H24N4O5S.C19H18N4O5S/c1-3-33-23(30)20-12-18(13-25)21(26-15(20)2)28-10-8-17(9-11-28)22(29)27-34(31,32)14-16-4-6-19(24)7-5-16;1-4-31-22(28)19-9-17(10-23)20(24-15(19)3)26-11-18(12-26)21(27)25-32(29,30)13-16-7-5-14(2)6-8-16;1-4-31-22(28)19-9-17(10-23)20(24-15(19)3)26-11-18(12-26)21(27)25-32(29,30)13-16-7-5-6-14(2)8-16;1-12-16(19(25)26)7-14(8-20)17(21-12)23-9-15(10-23)18(24)22-29(27,28)11-13-5-3-2-4-6-13/h4-7,12,17H,3,8-11,14H2,1-2H3,(H,27,29);2*5-9,18H,4,11-13H2,1-3H3,(H,25,27);2-7,15H,9-11H2,1H3,(H,22,24)(H,25,26). The van der Waals surface area contributed by atoms with Gasteiger partial charge in [0.05, 0.1) is 128 Å². The lowest BCUT2D eigenvalue weighted by Gasteiger charge is -2.39. The van der Waals surface area contributed by atoms with Gasteiger partial charge in [-0.1, -0.05) is 102 Å². The van der Waals surface area contributed by atoms with Crippen molar-refractivity contribution in [2.24, 2.45) is 23.7 Å². The summed E-state index contributed by atoms with van der Waals surface area (Å²) in [7, 11) is -15.4. The van der Waals surface area contributed by atoms with Crippen molar-refractivity contribution in [1.29, 1.82) is 21.0 Å². The Bertz CT molecular complexity index is 6200. The first-order chi connectivity index (χ1) is 60.1. The zero-order valence-electron chi connectivity index (χ0n) is 70.5. The minimum atomic E-state index is -3.93. The third kappa shape index (κ3) is 26.4. The maximum absolute atomic E-state index is 13.0. The molecule has 0 aliphatic carbocycles. The minimum Gasteiger partial charge on any atom is -0.478 e. The van der Waals surface area contributed by atoms with Crippen LogP contribution in [0.4, 0.5) is 27.7 Å². The number of hydrogen-bond donors (Lipinski definition) is 5. The zero-order valence-corrected chi connectivity index (χ0v) is 73.8. The summed E-state index contributed by atoms with van der Waals surface area (Å²) >= 11 is 0. The molecule has 0 spiro atoms. The highest BCUT2D eigenvalue weighted by Crippen LogP contribution is 2.34. The van der Waals surface area contributed by atoms with E-state index >= 15 is 0 Å². The van der Waals surface area contributed by atoms with E-state index in [-0.39, 0.29) is 132 Å². The van der Waals surface area contributed by atoms with Crippen LogP contribution in [0.15, 0.2) is 127 Å². The van der Waals surface area contributed by atoms with Gasteiger partial charge in [-0.15, -0.1) is 0 Å². The predicted octanol–water partition coefficient (Wildman–Crippen LogP) is 7.14. The van der Waals surface area contributed by atoms with Crippen molar-refractivity contribution in [3.63, 3.8) is 0 Å². The second-order valence-corrected chi connectivity index (χ2v) is 36.8. The van der Waals surface area contributed by atoms with Crippen LogP contribution in [0.3, 0.4) is 0 Å². The largest absolute Gasteiger partial charge is 0.478 e. The average molecular weight is 1820 g/mol. The van der Waals surface area contributed by atoms with Crippen molar-refractivity contribution in [1.82, 2.24) is 38.8 Å². The molecule has 8 heterocycles. The van der Waals surface area contributed by atoms with Crippen molar-refractivity contribution in [3.05, 3.63) is 234 Å². The highest BCUT2D eigenvalue weighted by molar-refractivity contribution is 7.90. The van der Waals surface area contributed by atoms with Crippen molar-refractivity contribution in [2.45, 2.75) is 98.2 Å². The van der Waals surface area contributed by atoms with Crippen LogP contribution < -0.4 is 38.5 Å². The first-order valence-electron chi connectivity index (χ1n) is 39.6. The molecule has 4 aliphatic rings. The number of halogens is 1. The molecule has 127 heavy (non-hydrogen) atoms. The number of carboxylic acids is 1. The molecule has 4 fully saturated rings. The molecule has 4 aliphatic heterocycles. The Morgan fingerprint density at radius 3 is 1.00 bits per heavy atom. The highest BCUT2D eigenvalue weighted by atomic mass is 32.2. The predicted molar refractivity (Wildman–Crippen MR) is 460 cm³/mol. The average Bonchev–Trinajstić information content (AvgIpc) is 0.785. The van der Waals surface area contributed by atoms with E-state index in [4.69, 9.17) is 19.3 Å². The summed E-state index contributed by atoms with van der Waals surface area (Å²) in [5, 5.41) is 46.9. The Kier molecular flexibility index (Phi) is 32.6. The van der Waals surface area contributed by atoms with Gasteiger partial charge in [0.15, 0.2) is 0 Å². The Labute approximate surface area is 733 Å². The number of nitrogens with zero attached hydrogens (tertiary/aromatic N) is 12. The van der Waals surface area contributed by atoms with Gasteiger partial charge in [0.2, 0.25) is 63.7 Å². The van der Waals surface area contributed by atoms with Gasteiger partial charge in [-0.05, 0) is 134 Å². The summed E-state index contributed by atoms with van der Waals surface area (Å²) in [6.07, 6.45) is 0.728. The second kappa shape index (κ2) is 42.7. The van der Waals surface area contributed by atoms with Crippen molar-refractivity contribution in [3.8, 4) is 24.3 Å². The maximum atomic E-state index is 13.0. The number of carboxylic acid groups (broad SMARTS) is 1. The quantitative estimate of drug-likeness (QED) is 0.0252. The number of aromatic carboxylic acids is 1. The summed E-state index contributed by atoms with van der Waals surface area (Å²) in [5.74, 6) is -7.82. The van der Waals surface area contributed by atoms with E-state index in [0.717, 1.165) is 23.3 Å². The van der Waals surface area contributed by atoms with Crippen molar-refractivity contribution < 1.29 is 95.7 Å². The summed E-state index contributed by atoms with van der Waals surface area (Å²) in [6.45, 7) is 17.9. The summed E-state index contributed by atoms with van der Waals surface area (Å²) in [5.41, 5.74) is 6.84. The number of ether oxygens (including phenoxy) is 3. The molecule has 0 bridgehead atoms. The number of sulfonamides is 4. The molecule has 0 radical (unpaired) electrons. The van der Waals surface area contributed by atoms with Gasteiger partial charge in [-0.3, -0.25) is 38.1 Å². The van der Waals surface area contributed by atoms with E-state index in [0.29, 0.717) is 82.7 Å². The fourth-order valence-electron chi connectivity index (χ4n) is 13.5. The Hall–Kier alpha value is -13.9. The first kappa shape index (κ1) is 96.9. The fourth-order valence-corrected chi connectivity index (χ4v) is 18.2. The van der Waals surface area contributed by atoms with Crippen LogP contribution in [0.5, 0.6) is 0 Å². The molecule has 0 saturated carbocycles. The number of esters is 3. The first-order valence-corrected chi connectivity index (χ1v) is 46.2. The highest BCUT2D eigenvalue weighted by Gasteiger charge is 2.41. The molecule has 8 aromatic rings. The number of benzene rings is 4. The number of aromatic nitrogens is 4. The number of pyridine rings is 4.